The average molecular weight is 576 g/mol. The zero-order valence-corrected chi connectivity index (χ0v) is 24.9. The normalized spacial score (nSPS) is 13.7. The van der Waals surface area contributed by atoms with E-state index in [2.05, 4.69) is 12.1 Å². The third kappa shape index (κ3) is 7.10. The van der Waals surface area contributed by atoms with Crippen molar-refractivity contribution in [2.75, 3.05) is 0 Å². The Morgan fingerprint density at radius 1 is 0.564 bits per heavy atom. The molecule has 0 aliphatic carbocycles. The Hall–Kier alpha value is -3.11. The Labute approximate surface area is 242 Å². The molecule has 0 heterocycles. The average Bonchev–Trinajstić information content (AvgIpc) is 2.88. The van der Waals surface area contributed by atoms with Crippen LogP contribution in [0.2, 0.25) is 10.0 Å². The molecule has 0 aliphatic rings. The monoisotopic (exact) mass is 574 g/mol. The van der Waals surface area contributed by atoms with E-state index in [1.165, 1.54) is 0 Å². The minimum atomic E-state index is -3.84. The third-order valence-corrected chi connectivity index (χ3v) is 9.64. The first-order valence-electron chi connectivity index (χ1n) is 12.8. The van der Waals surface area contributed by atoms with Gasteiger partial charge in [0, 0.05) is 10.0 Å². The van der Waals surface area contributed by atoms with Crippen LogP contribution < -0.4 is 0 Å². The smallest absolute Gasteiger partial charge is 0.171 e. The molecule has 0 bridgehead atoms. The van der Waals surface area contributed by atoms with Crippen molar-refractivity contribution in [3.8, 4) is 0 Å². The molecule has 2 nitrogen and oxygen atoms in total. The summed E-state index contributed by atoms with van der Waals surface area (Å²) in [5, 5.41) is -0.700. The molecular weight excluding hydrogens is 543 g/mol. The van der Waals surface area contributed by atoms with Crippen molar-refractivity contribution in [3.05, 3.63) is 152 Å². The topological polar surface area (TPSA) is 34.1 Å². The molecule has 0 aliphatic heterocycles. The second-order valence-electron chi connectivity index (χ2n) is 9.97. The van der Waals surface area contributed by atoms with Crippen LogP contribution in [0.15, 0.2) is 97.1 Å². The van der Waals surface area contributed by atoms with E-state index < -0.39 is 20.3 Å². The molecule has 0 N–H and O–H groups in total. The van der Waals surface area contributed by atoms with E-state index >= 15 is 0 Å². The number of sulfone groups is 1. The van der Waals surface area contributed by atoms with Gasteiger partial charge in [0.05, 0.1) is 0 Å². The van der Waals surface area contributed by atoms with Crippen LogP contribution in [-0.4, -0.2) is 8.42 Å². The third-order valence-electron chi connectivity index (χ3n) is 6.86. The summed E-state index contributed by atoms with van der Waals surface area (Å²) < 4.78 is 29.1. The number of hydrogen-bond acceptors (Lipinski definition) is 2. The molecule has 4 aromatic carbocycles. The molecule has 0 saturated heterocycles. The zero-order chi connectivity index (χ0) is 28.2. The van der Waals surface area contributed by atoms with Crippen molar-refractivity contribution in [2.24, 2.45) is 0 Å². The van der Waals surface area contributed by atoms with Crippen molar-refractivity contribution in [1.29, 1.82) is 0 Å². The van der Waals surface area contributed by atoms with Crippen LogP contribution in [0.5, 0.6) is 0 Å². The highest BCUT2D eigenvalue weighted by molar-refractivity contribution is 7.92. The quantitative estimate of drug-likeness (QED) is 0.210. The Balaban J connectivity index is 1.85. The van der Waals surface area contributed by atoms with Gasteiger partial charge < -0.3 is 0 Å². The standard InChI is InChI=1S/C34H32Cl2O2S/c1-23-5-7-27(25(3)21-23)13-19-33(29-9-15-31(35)16-10-29)39(37,38)34(30-11-17-32(36)18-12-30)20-14-28-8-6-24(2)22-26(28)4/h5-22,33-34H,1-4H3. The molecule has 0 aromatic heterocycles. The van der Waals surface area contributed by atoms with Crippen LogP contribution in [0, 0.1) is 27.7 Å². The molecular formula is C34H32Cl2O2S. The summed E-state index contributed by atoms with van der Waals surface area (Å²) in [6.07, 6.45) is 7.37. The first-order chi connectivity index (χ1) is 18.5. The lowest BCUT2D eigenvalue weighted by Gasteiger charge is -2.22. The van der Waals surface area contributed by atoms with Gasteiger partial charge >= 0.3 is 0 Å². The Morgan fingerprint density at radius 2 is 0.923 bits per heavy atom. The lowest BCUT2D eigenvalue weighted by molar-refractivity contribution is 0.584. The van der Waals surface area contributed by atoms with Gasteiger partial charge in [-0.2, -0.15) is 0 Å². The first-order valence-corrected chi connectivity index (χ1v) is 15.2. The van der Waals surface area contributed by atoms with Gasteiger partial charge in [-0.05, 0) is 85.3 Å². The molecule has 2 atom stereocenters. The van der Waals surface area contributed by atoms with Crippen molar-refractivity contribution in [3.63, 3.8) is 0 Å². The number of halogens is 2. The highest BCUT2D eigenvalue weighted by Crippen LogP contribution is 2.38. The molecule has 5 heteroatoms. The first kappa shape index (κ1) is 28.9. The van der Waals surface area contributed by atoms with Crippen LogP contribution in [0.3, 0.4) is 0 Å². The van der Waals surface area contributed by atoms with Crippen LogP contribution in [0.4, 0.5) is 0 Å². The minimum Gasteiger partial charge on any atom is -0.227 e. The molecule has 0 saturated carbocycles. The van der Waals surface area contributed by atoms with Crippen LogP contribution in [0.25, 0.3) is 12.2 Å². The van der Waals surface area contributed by atoms with Crippen molar-refractivity contribution >= 4 is 45.2 Å². The molecule has 0 amide bonds. The van der Waals surface area contributed by atoms with Crippen LogP contribution in [-0.2, 0) is 9.84 Å². The lowest BCUT2D eigenvalue weighted by Crippen LogP contribution is -2.19. The summed E-state index contributed by atoms with van der Waals surface area (Å²) in [5.41, 5.74) is 7.74. The number of rotatable bonds is 8. The fourth-order valence-electron chi connectivity index (χ4n) is 4.69. The van der Waals surface area contributed by atoms with Gasteiger partial charge in [-0.15, -0.1) is 0 Å². The summed E-state index contributed by atoms with van der Waals surface area (Å²) in [4.78, 5) is 0. The lowest BCUT2D eigenvalue weighted by atomic mass is 10.0. The predicted octanol–water partition coefficient (Wildman–Crippen LogP) is 9.85. The fraction of sp³-hybridized carbons (Fsp3) is 0.176. The second kappa shape index (κ2) is 12.4. The highest BCUT2D eigenvalue weighted by Gasteiger charge is 2.33. The maximum absolute atomic E-state index is 14.6. The van der Waals surface area contributed by atoms with E-state index in [-0.39, 0.29) is 0 Å². The number of aryl methyl sites for hydroxylation is 4. The summed E-state index contributed by atoms with van der Waals surface area (Å²) in [5.74, 6) is 0. The summed E-state index contributed by atoms with van der Waals surface area (Å²) in [6, 6.07) is 26.3. The SMILES string of the molecule is Cc1ccc(C=CC(c2ccc(Cl)cc2)S(=O)(=O)C(C=Cc2ccc(C)cc2C)c2ccc(Cl)cc2)c(C)c1. The summed E-state index contributed by atoms with van der Waals surface area (Å²) in [6.45, 7) is 8.14. The molecule has 0 fully saturated rings. The van der Waals surface area contributed by atoms with E-state index in [0.717, 1.165) is 33.4 Å². The van der Waals surface area contributed by atoms with Gasteiger partial charge in [0.25, 0.3) is 0 Å². The van der Waals surface area contributed by atoms with E-state index in [1.54, 1.807) is 60.7 Å². The van der Waals surface area contributed by atoms with Gasteiger partial charge in [0.15, 0.2) is 9.84 Å². The van der Waals surface area contributed by atoms with Crippen LogP contribution in [0.1, 0.15) is 55.0 Å². The molecule has 0 spiro atoms. The minimum absolute atomic E-state index is 0.553. The Bertz CT molecular complexity index is 1500. The number of hydrogen-bond donors (Lipinski definition) is 0. The summed E-state index contributed by atoms with van der Waals surface area (Å²) in [7, 11) is -3.84. The maximum Gasteiger partial charge on any atom is 0.171 e. The van der Waals surface area contributed by atoms with E-state index in [9.17, 15) is 8.42 Å². The van der Waals surface area contributed by atoms with Gasteiger partial charge in [-0.1, -0.05) is 119 Å². The van der Waals surface area contributed by atoms with E-state index in [1.807, 2.05) is 64.1 Å². The fourth-order valence-corrected chi connectivity index (χ4v) is 6.93. The largest absolute Gasteiger partial charge is 0.227 e. The molecule has 4 aromatic rings. The Morgan fingerprint density at radius 3 is 1.26 bits per heavy atom. The maximum atomic E-state index is 14.6. The van der Waals surface area contributed by atoms with Gasteiger partial charge in [-0.25, -0.2) is 8.42 Å². The second-order valence-corrected chi connectivity index (χ2v) is 13.0. The zero-order valence-electron chi connectivity index (χ0n) is 22.5. The summed E-state index contributed by atoms with van der Waals surface area (Å²) >= 11 is 12.3. The van der Waals surface area contributed by atoms with Crippen molar-refractivity contribution < 1.29 is 8.42 Å². The van der Waals surface area contributed by atoms with Gasteiger partial charge in [0.1, 0.15) is 10.5 Å². The molecule has 4 rings (SSSR count). The van der Waals surface area contributed by atoms with Gasteiger partial charge in [-0.3, -0.25) is 0 Å². The van der Waals surface area contributed by atoms with E-state index in [0.29, 0.717) is 21.2 Å². The van der Waals surface area contributed by atoms with Crippen LogP contribution >= 0.6 is 23.2 Å². The molecule has 0 radical (unpaired) electrons. The molecule has 39 heavy (non-hydrogen) atoms. The Kier molecular flexibility index (Phi) is 9.17. The highest BCUT2D eigenvalue weighted by atomic mass is 35.5. The predicted molar refractivity (Wildman–Crippen MR) is 167 cm³/mol. The number of benzene rings is 4. The van der Waals surface area contributed by atoms with Gasteiger partial charge in [0.2, 0.25) is 0 Å². The molecule has 200 valence electrons. The van der Waals surface area contributed by atoms with Crippen molar-refractivity contribution in [2.45, 2.75) is 38.2 Å². The molecule has 2 unspecified atom stereocenters. The van der Waals surface area contributed by atoms with Crippen molar-refractivity contribution in [1.82, 2.24) is 0 Å². The van der Waals surface area contributed by atoms with E-state index in [4.69, 9.17) is 23.2 Å².